The molecule has 0 fully saturated rings. The first-order chi connectivity index (χ1) is 16.1. The quantitative estimate of drug-likeness (QED) is 0.326. The number of ether oxygens (including phenoxy) is 1. The maximum absolute atomic E-state index is 13.3. The molecule has 0 saturated carbocycles. The van der Waals surface area contributed by atoms with Crippen LogP contribution in [0.3, 0.4) is 0 Å². The van der Waals surface area contributed by atoms with E-state index in [4.69, 9.17) is 11.2 Å². The van der Waals surface area contributed by atoms with Crippen molar-refractivity contribution in [3.05, 3.63) is 35.4 Å². The van der Waals surface area contributed by atoms with Crippen molar-refractivity contribution in [3.8, 4) is 12.3 Å². The minimum atomic E-state index is -0.821. The minimum Gasteiger partial charge on any atom is -0.444 e. The molecule has 7 nitrogen and oxygen atoms in total. The summed E-state index contributed by atoms with van der Waals surface area (Å²) in [6.45, 7) is 10.1. The molecule has 0 radical (unpaired) electrons. The largest absolute Gasteiger partial charge is 0.444 e. The second-order valence-corrected chi connectivity index (χ2v) is 9.32. The molecule has 7 heteroatoms. The summed E-state index contributed by atoms with van der Waals surface area (Å²) in [6, 6.07) is 6.28. The van der Waals surface area contributed by atoms with Crippen LogP contribution in [0.4, 0.5) is 4.79 Å². The number of nitrogens with one attached hydrogen (secondary N) is 2. The van der Waals surface area contributed by atoms with Gasteiger partial charge in [-0.25, -0.2) is 4.79 Å². The molecule has 0 bridgehead atoms. The second kappa shape index (κ2) is 15.0. The van der Waals surface area contributed by atoms with E-state index in [9.17, 15) is 14.4 Å². The Kier molecular flexibility index (Phi) is 12.8. The fraction of sp³-hybridized carbons (Fsp3) is 0.593. The number of hydrogen-bond donors (Lipinski definition) is 2. The molecule has 188 valence electrons. The van der Waals surface area contributed by atoms with Crippen LogP contribution in [0.5, 0.6) is 0 Å². The lowest BCUT2D eigenvalue weighted by Gasteiger charge is -2.32. The third kappa shape index (κ3) is 10.7. The van der Waals surface area contributed by atoms with E-state index in [1.54, 1.807) is 49.9 Å². The topological polar surface area (TPSA) is 87.7 Å². The van der Waals surface area contributed by atoms with E-state index in [1.807, 2.05) is 6.92 Å². The Morgan fingerprint density at radius 1 is 1.00 bits per heavy atom. The zero-order valence-electron chi connectivity index (χ0n) is 21.4. The lowest BCUT2D eigenvalue weighted by molar-refractivity contribution is -0.140. The lowest BCUT2D eigenvalue weighted by Crippen LogP contribution is -2.48. The average molecular weight is 472 g/mol. The van der Waals surface area contributed by atoms with Crippen LogP contribution >= 0.6 is 0 Å². The first-order valence-corrected chi connectivity index (χ1v) is 12.2. The molecule has 0 heterocycles. The van der Waals surface area contributed by atoms with Gasteiger partial charge in [0.15, 0.2) is 0 Å². The van der Waals surface area contributed by atoms with Gasteiger partial charge in [0.1, 0.15) is 18.2 Å². The van der Waals surface area contributed by atoms with E-state index in [2.05, 4.69) is 23.5 Å². The number of terminal acetylenes is 1. The molecular formula is C27H41N3O4. The van der Waals surface area contributed by atoms with Gasteiger partial charge in [0, 0.05) is 18.7 Å². The first kappa shape index (κ1) is 29.0. The fourth-order valence-corrected chi connectivity index (χ4v) is 3.39. The molecule has 34 heavy (non-hydrogen) atoms. The van der Waals surface area contributed by atoms with Crippen molar-refractivity contribution in [3.63, 3.8) is 0 Å². The number of benzene rings is 1. The molecule has 1 unspecified atom stereocenters. The van der Waals surface area contributed by atoms with Gasteiger partial charge < -0.3 is 20.3 Å². The van der Waals surface area contributed by atoms with Crippen molar-refractivity contribution in [2.75, 3.05) is 19.6 Å². The molecule has 1 rings (SSSR count). The summed E-state index contributed by atoms with van der Waals surface area (Å²) < 4.78 is 5.25. The van der Waals surface area contributed by atoms with Crippen LogP contribution in [-0.2, 0) is 14.3 Å². The number of carbonyl (C=O) groups excluding carboxylic acids is 3. The Bertz CT molecular complexity index is 822. The van der Waals surface area contributed by atoms with Crippen LogP contribution in [0.25, 0.3) is 0 Å². The molecular weight excluding hydrogens is 430 g/mol. The summed E-state index contributed by atoms with van der Waals surface area (Å²) in [7, 11) is 0. The normalized spacial score (nSPS) is 11.8. The highest BCUT2D eigenvalue weighted by atomic mass is 16.6. The molecule has 1 aromatic carbocycles. The molecule has 2 N–H and O–H groups in total. The predicted molar refractivity (Wildman–Crippen MR) is 135 cm³/mol. The van der Waals surface area contributed by atoms with Crippen molar-refractivity contribution in [1.82, 2.24) is 15.5 Å². The molecule has 1 atom stereocenters. The number of amides is 3. The Morgan fingerprint density at radius 2 is 1.65 bits per heavy atom. The van der Waals surface area contributed by atoms with Crippen LogP contribution in [0.15, 0.2) is 24.3 Å². The fourth-order valence-electron chi connectivity index (χ4n) is 3.39. The third-order valence-corrected chi connectivity index (χ3v) is 5.14. The lowest BCUT2D eigenvalue weighted by atomic mass is 10.0. The van der Waals surface area contributed by atoms with Crippen molar-refractivity contribution in [2.24, 2.45) is 0 Å². The van der Waals surface area contributed by atoms with Crippen molar-refractivity contribution in [2.45, 2.75) is 84.8 Å². The molecule has 0 aliphatic rings. The maximum Gasteiger partial charge on any atom is 0.408 e. The third-order valence-electron chi connectivity index (χ3n) is 5.14. The standard InChI is InChI=1S/C27H41N3O4/c1-7-10-12-13-19-30(23(31)20-29-26(33)34-27(4,5)6)24(25(32)28-18-11-8-2)22-16-14-21(9-3)15-17-22/h3,14-17,24H,7-8,10-13,18-20H2,1-2,4-6H3,(H,28,32)(H,29,33). The molecule has 3 amide bonds. The van der Waals surface area contributed by atoms with Gasteiger partial charge in [-0.2, -0.15) is 0 Å². The van der Waals surface area contributed by atoms with Crippen LogP contribution in [0, 0.1) is 12.3 Å². The van der Waals surface area contributed by atoms with Gasteiger partial charge in [0.2, 0.25) is 11.8 Å². The van der Waals surface area contributed by atoms with Crippen LogP contribution < -0.4 is 10.6 Å². The SMILES string of the molecule is C#Cc1ccc(C(C(=O)NCCCC)N(CCCCCC)C(=O)CNC(=O)OC(C)(C)C)cc1. The smallest absolute Gasteiger partial charge is 0.408 e. The first-order valence-electron chi connectivity index (χ1n) is 12.2. The number of alkyl carbamates (subject to hydrolysis) is 1. The summed E-state index contributed by atoms with van der Waals surface area (Å²) >= 11 is 0. The van der Waals surface area contributed by atoms with Crippen LogP contribution in [0.2, 0.25) is 0 Å². The highest BCUT2D eigenvalue weighted by Crippen LogP contribution is 2.23. The molecule has 0 aliphatic carbocycles. The predicted octanol–water partition coefficient (Wildman–Crippen LogP) is 4.56. The van der Waals surface area contributed by atoms with E-state index < -0.39 is 17.7 Å². The van der Waals surface area contributed by atoms with Gasteiger partial charge in [-0.1, -0.05) is 57.6 Å². The summed E-state index contributed by atoms with van der Waals surface area (Å²) in [4.78, 5) is 40.2. The van der Waals surface area contributed by atoms with Crippen LogP contribution in [-0.4, -0.2) is 48.0 Å². The molecule has 1 aromatic rings. The Morgan fingerprint density at radius 3 is 2.21 bits per heavy atom. The van der Waals surface area contributed by atoms with Gasteiger partial charge in [0.25, 0.3) is 0 Å². The summed E-state index contributed by atoms with van der Waals surface area (Å²) in [5.41, 5.74) is 0.698. The second-order valence-electron chi connectivity index (χ2n) is 9.32. The zero-order chi connectivity index (χ0) is 25.6. The highest BCUT2D eigenvalue weighted by Gasteiger charge is 2.31. The van der Waals surface area contributed by atoms with Gasteiger partial charge in [-0.05, 0) is 51.3 Å². The zero-order valence-corrected chi connectivity index (χ0v) is 21.4. The highest BCUT2D eigenvalue weighted by molar-refractivity contribution is 5.90. The number of rotatable bonds is 13. The minimum absolute atomic E-state index is 0.247. The molecule has 0 spiro atoms. The Balaban J connectivity index is 3.17. The number of hydrogen-bond acceptors (Lipinski definition) is 4. The molecule has 0 aromatic heterocycles. The summed E-state index contributed by atoms with van der Waals surface area (Å²) in [5.74, 6) is 1.98. The Hall–Kier alpha value is -3.01. The molecule has 0 aliphatic heterocycles. The van der Waals surface area contributed by atoms with E-state index in [-0.39, 0.29) is 18.4 Å². The van der Waals surface area contributed by atoms with E-state index >= 15 is 0 Å². The number of nitrogens with zero attached hydrogens (tertiary/aromatic N) is 1. The van der Waals surface area contributed by atoms with E-state index in [0.29, 0.717) is 24.2 Å². The van der Waals surface area contributed by atoms with Gasteiger partial charge in [-0.3, -0.25) is 9.59 Å². The van der Waals surface area contributed by atoms with Crippen molar-refractivity contribution < 1.29 is 19.1 Å². The van der Waals surface area contributed by atoms with Crippen molar-refractivity contribution >= 4 is 17.9 Å². The monoisotopic (exact) mass is 471 g/mol. The van der Waals surface area contributed by atoms with E-state index in [0.717, 1.165) is 38.5 Å². The van der Waals surface area contributed by atoms with Gasteiger partial charge in [0.05, 0.1) is 0 Å². The average Bonchev–Trinajstić information content (AvgIpc) is 2.78. The summed E-state index contributed by atoms with van der Waals surface area (Å²) in [6.07, 6.45) is 10.4. The number of unbranched alkanes of at least 4 members (excludes halogenated alkanes) is 4. The van der Waals surface area contributed by atoms with Crippen molar-refractivity contribution in [1.29, 1.82) is 0 Å². The Labute approximate surface area is 205 Å². The van der Waals surface area contributed by atoms with Gasteiger partial charge in [-0.15, -0.1) is 6.42 Å². The molecule has 0 saturated heterocycles. The maximum atomic E-state index is 13.3. The van der Waals surface area contributed by atoms with Crippen LogP contribution in [0.1, 0.15) is 90.3 Å². The van der Waals surface area contributed by atoms with Gasteiger partial charge >= 0.3 is 6.09 Å². The number of carbonyl (C=O) groups is 3. The van der Waals surface area contributed by atoms with E-state index in [1.165, 1.54) is 0 Å². The summed E-state index contributed by atoms with van der Waals surface area (Å²) in [5, 5.41) is 5.48.